The average Bonchev–Trinajstić information content (AvgIpc) is 3.36. The highest BCUT2D eigenvalue weighted by Gasteiger charge is 2.41. The zero-order valence-corrected chi connectivity index (χ0v) is 15.6. The zero-order valence-electron chi connectivity index (χ0n) is 15.6. The van der Waals surface area contributed by atoms with E-state index in [9.17, 15) is 14.7 Å². The lowest BCUT2D eigenvalue weighted by Crippen LogP contribution is -2.53. The molecule has 27 heavy (non-hydrogen) atoms. The molecule has 2 heterocycles. The maximum atomic E-state index is 13.1. The maximum Gasteiger partial charge on any atom is 0.318 e. The summed E-state index contributed by atoms with van der Waals surface area (Å²) in [6.45, 7) is 1.49. The van der Waals surface area contributed by atoms with Gasteiger partial charge in [0.25, 0.3) is 0 Å². The molecule has 3 rings (SSSR count). The normalized spacial score (nSPS) is 23.5. The average molecular weight is 375 g/mol. The summed E-state index contributed by atoms with van der Waals surface area (Å²) in [7, 11) is 0. The summed E-state index contributed by atoms with van der Waals surface area (Å²) < 4.78 is 0. The van der Waals surface area contributed by atoms with Crippen molar-refractivity contribution in [3.05, 3.63) is 35.9 Å². The first kappa shape index (κ1) is 19.6. The molecule has 0 aromatic heterocycles. The van der Waals surface area contributed by atoms with Crippen molar-refractivity contribution in [2.75, 3.05) is 19.7 Å². The number of hydrogen-bond acceptors (Lipinski definition) is 4. The van der Waals surface area contributed by atoms with E-state index < -0.39 is 12.1 Å². The van der Waals surface area contributed by atoms with Crippen LogP contribution in [-0.2, 0) is 11.3 Å². The molecule has 0 saturated carbocycles. The monoisotopic (exact) mass is 375 g/mol. The van der Waals surface area contributed by atoms with Gasteiger partial charge < -0.3 is 25.3 Å². The van der Waals surface area contributed by atoms with Crippen LogP contribution in [0.15, 0.2) is 30.3 Å². The van der Waals surface area contributed by atoms with E-state index in [-0.39, 0.29) is 31.0 Å². The summed E-state index contributed by atoms with van der Waals surface area (Å²) in [5.41, 5.74) is 1.01. The lowest BCUT2D eigenvalue weighted by atomic mass is 10.0. The van der Waals surface area contributed by atoms with Crippen LogP contribution in [0.3, 0.4) is 0 Å². The molecule has 2 aliphatic rings. The molecule has 0 bridgehead atoms. The van der Waals surface area contributed by atoms with Gasteiger partial charge in [-0.2, -0.15) is 0 Å². The van der Waals surface area contributed by atoms with Crippen molar-refractivity contribution >= 4 is 11.9 Å². The minimum absolute atomic E-state index is 0.0816. The predicted molar refractivity (Wildman–Crippen MR) is 101 cm³/mol. The molecule has 0 spiro atoms. The number of likely N-dealkylation sites (tertiary alicyclic amines) is 2. The summed E-state index contributed by atoms with van der Waals surface area (Å²) in [6, 6.07) is 8.72. The van der Waals surface area contributed by atoms with Crippen LogP contribution >= 0.6 is 0 Å². The number of hydrogen-bond donors (Lipinski definition) is 3. The van der Waals surface area contributed by atoms with Gasteiger partial charge in [0.2, 0.25) is 5.91 Å². The molecule has 7 heteroatoms. The number of amides is 3. The maximum absolute atomic E-state index is 13.1. The van der Waals surface area contributed by atoms with Gasteiger partial charge in [-0.15, -0.1) is 0 Å². The van der Waals surface area contributed by atoms with Gasteiger partial charge >= 0.3 is 6.03 Å². The third-order valence-electron chi connectivity index (χ3n) is 5.54. The van der Waals surface area contributed by atoms with E-state index in [2.05, 4.69) is 5.32 Å². The van der Waals surface area contributed by atoms with Crippen LogP contribution in [0, 0.1) is 0 Å². The molecule has 1 unspecified atom stereocenters. The minimum atomic E-state index is -0.719. The number of aliphatic hydroxyl groups excluding tert-OH is 2. The highest BCUT2D eigenvalue weighted by molar-refractivity contribution is 5.88. The third kappa shape index (κ3) is 4.59. The van der Waals surface area contributed by atoms with Crippen molar-refractivity contribution in [2.45, 2.75) is 56.8 Å². The molecule has 1 aromatic rings. The Balaban J connectivity index is 1.61. The second-order valence-electron chi connectivity index (χ2n) is 7.32. The van der Waals surface area contributed by atoms with E-state index in [0.717, 1.165) is 24.8 Å². The molecule has 3 amide bonds. The number of rotatable bonds is 6. The number of urea groups is 1. The Bertz CT molecular complexity index is 639. The first-order valence-electron chi connectivity index (χ1n) is 9.79. The van der Waals surface area contributed by atoms with Crippen molar-refractivity contribution in [3.63, 3.8) is 0 Å². The van der Waals surface area contributed by atoms with Crippen LogP contribution in [0.5, 0.6) is 0 Å². The summed E-state index contributed by atoms with van der Waals surface area (Å²) in [5, 5.41) is 22.2. The molecule has 0 radical (unpaired) electrons. The summed E-state index contributed by atoms with van der Waals surface area (Å²) in [5.74, 6) is -0.0816. The summed E-state index contributed by atoms with van der Waals surface area (Å²) in [4.78, 5) is 29.1. The van der Waals surface area contributed by atoms with Gasteiger partial charge in [-0.3, -0.25) is 4.79 Å². The van der Waals surface area contributed by atoms with Crippen molar-refractivity contribution in [1.82, 2.24) is 15.1 Å². The molecule has 148 valence electrons. The Labute approximate surface area is 160 Å². The lowest BCUT2D eigenvalue weighted by Gasteiger charge is -2.33. The van der Waals surface area contributed by atoms with E-state index >= 15 is 0 Å². The van der Waals surface area contributed by atoms with Crippen LogP contribution < -0.4 is 5.32 Å². The Kier molecular flexibility index (Phi) is 6.68. The number of aliphatic hydroxyl groups is 2. The fraction of sp³-hybridized carbons (Fsp3) is 0.600. The second kappa shape index (κ2) is 9.19. The second-order valence-corrected chi connectivity index (χ2v) is 7.32. The molecule has 0 aliphatic carbocycles. The number of carbonyl (C=O) groups is 2. The number of carbonyl (C=O) groups excluding carboxylic acids is 2. The van der Waals surface area contributed by atoms with Crippen LogP contribution in [-0.4, -0.2) is 69.8 Å². The van der Waals surface area contributed by atoms with E-state index in [1.54, 1.807) is 9.80 Å². The van der Waals surface area contributed by atoms with Crippen LogP contribution in [0.1, 0.15) is 37.7 Å². The Morgan fingerprint density at radius 2 is 1.81 bits per heavy atom. The van der Waals surface area contributed by atoms with Gasteiger partial charge in [0, 0.05) is 26.2 Å². The molecular formula is C20H29N3O4. The van der Waals surface area contributed by atoms with Crippen molar-refractivity contribution in [2.24, 2.45) is 0 Å². The minimum Gasteiger partial charge on any atom is -0.396 e. The van der Waals surface area contributed by atoms with Crippen LogP contribution in [0.2, 0.25) is 0 Å². The van der Waals surface area contributed by atoms with Crippen LogP contribution in [0.25, 0.3) is 0 Å². The highest BCUT2D eigenvalue weighted by atomic mass is 16.3. The highest BCUT2D eigenvalue weighted by Crippen LogP contribution is 2.27. The Morgan fingerprint density at radius 1 is 1.11 bits per heavy atom. The lowest BCUT2D eigenvalue weighted by molar-refractivity contribution is -0.138. The molecule has 3 N–H and O–H groups in total. The first-order chi connectivity index (χ1) is 13.1. The number of benzene rings is 1. The van der Waals surface area contributed by atoms with Gasteiger partial charge in [0.05, 0.1) is 12.1 Å². The molecule has 7 nitrogen and oxygen atoms in total. The zero-order chi connectivity index (χ0) is 19.2. The van der Waals surface area contributed by atoms with Gasteiger partial charge in [-0.25, -0.2) is 4.79 Å². The van der Waals surface area contributed by atoms with E-state index in [0.29, 0.717) is 26.1 Å². The molecule has 1 aromatic carbocycles. The standard InChI is InChI=1S/C20H29N3O4/c24-13-10-18(25)16-8-4-11-22(16)19(26)17-9-5-12-23(17)20(27)21-14-15-6-2-1-3-7-15/h1-3,6-7,16-18,24-25H,4-5,8-14H2,(H,21,27)/t16?,17-,18-/m0/s1. The van der Waals surface area contributed by atoms with Gasteiger partial charge in [-0.1, -0.05) is 30.3 Å². The number of nitrogens with one attached hydrogen (secondary N) is 1. The first-order valence-corrected chi connectivity index (χ1v) is 9.79. The smallest absolute Gasteiger partial charge is 0.318 e. The molecule has 2 fully saturated rings. The van der Waals surface area contributed by atoms with E-state index in [1.807, 2.05) is 30.3 Å². The fourth-order valence-electron chi connectivity index (χ4n) is 4.12. The third-order valence-corrected chi connectivity index (χ3v) is 5.54. The van der Waals surface area contributed by atoms with E-state index in [4.69, 9.17) is 5.11 Å². The number of nitrogens with zero attached hydrogens (tertiary/aromatic N) is 2. The molecule has 3 atom stereocenters. The topological polar surface area (TPSA) is 93.1 Å². The molecule has 2 saturated heterocycles. The summed E-state index contributed by atoms with van der Waals surface area (Å²) in [6.07, 6.45) is 2.57. The van der Waals surface area contributed by atoms with Crippen molar-refractivity contribution in [1.29, 1.82) is 0 Å². The van der Waals surface area contributed by atoms with E-state index in [1.165, 1.54) is 0 Å². The quantitative estimate of drug-likeness (QED) is 0.694. The van der Waals surface area contributed by atoms with Gasteiger partial charge in [0.15, 0.2) is 0 Å². The van der Waals surface area contributed by atoms with Crippen LogP contribution in [0.4, 0.5) is 4.79 Å². The van der Waals surface area contributed by atoms with Gasteiger partial charge in [0.1, 0.15) is 6.04 Å². The fourth-order valence-corrected chi connectivity index (χ4v) is 4.12. The van der Waals surface area contributed by atoms with Gasteiger partial charge in [-0.05, 0) is 37.7 Å². The molecule has 2 aliphatic heterocycles. The van der Waals surface area contributed by atoms with Crippen molar-refractivity contribution < 1.29 is 19.8 Å². The predicted octanol–water partition coefficient (Wildman–Crippen LogP) is 1.09. The largest absolute Gasteiger partial charge is 0.396 e. The molecular weight excluding hydrogens is 346 g/mol. The Hall–Kier alpha value is -2.12. The van der Waals surface area contributed by atoms with Crippen molar-refractivity contribution in [3.8, 4) is 0 Å². The summed E-state index contributed by atoms with van der Waals surface area (Å²) >= 11 is 0. The Morgan fingerprint density at radius 3 is 2.56 bits per heavy atom. The SMILES string of the molecule is O=C([C@@H]1CCCN1C(=O)NCc1ccccc1)N1CCCC1[C@@H](O)CCO.